The van der Waals surface area contributed by atoms with Gasteiger partial charge in [-0.05, 0) is 45.1 Å². The van der Waals surface area contributed by atoms with Gasteiger partial charge in [0.05, 0.1) is 12.8 Å². The monoisotopic (exact) mass is 179 g/mol. The summed E-state index contributed by atoms with van der Waals surface area (Å²) in [5.41, 5.74) is 0.797. The van der Waals surface area contributed by atoms with E-state index < -0.39 is 0 Å². The van der Waals surface area contributed by atoms with Crippen LogP contribution in [0.1, 0.15) is 0 Å². The minimum absolute atomic E-state index is 0.789. The van der Waals surface area contributed by atoms with Gasteiger partial charge in [0.1, 0.15) is 5.75 Å². The van der Waals surface area contributed by atoms with Crippen molar-refractivity contribution >= 4 is 0 Å². The minimum atomic E-state index is 0.789. The Bertz CT molecular complexity index is 368. The standard InChI is InChI=1S/C7H7N5O/c1-13-7-4-2-6(3-5-7)12-10-8-9-11-12/h2-5H,1H3/i10+1,12+1. The second-order valence-corrected chi connectivity index (χ2v) is 2.35. The van der Waals surface area contributed by atoms with Gasteiger partial charge in [0.15, 0.2) is 0 Å². The molecule has 1 heterocycles. The third-order valence-electron chi connectivity index (χ3n) is 1.59. The molecule has 6 nitrogen and oxygen atoms in total. The average Bonchev–Trinajstić information content (AvgIpc) is 2.71. The second kappa shape index (κ2) is 3.18. The molecule has 2 aromatic rings. The van der Waals surface area contributed by atoms with Crippen LogP contribution in [0.5, 0.6) is 5.75 Å². The highest BCUT2D eigenvalue weighted by molar-refractivity contribution is 5.35. The summed E-state index contributed by atoms with van der Waals surface area (Å²) < 4.78 is 5.01. The van der Waals surface area contributed by atoms with Crippen LogP contribution in [0.25, 0.3) is 5.69 Å². The predicted octanol–water partition coefficient (Wildman–Crippen LogP) is 0.0659. The van der Waals surface area contributed by atoms with Crippen LogP contribution in [0.3, 0.4) is 0 Å². The van der Waals surface area contributed by atoms with Gasteiger partial charge in [-0.3, -0.25) is 0 Å². The van der Waals surface area contributed by atoms with Crippen molar-refractivity contribution in [1.82, 2.24) is 25.7 Å². The molecule has 0 amide bonds. The van der Waals surface area contributed by atoms with Crippen molar-refractivity contribution in [3.05, 3.63) is 24.3 Å². The van der Waals surface area contributed by atoms with Gasteiger partial charge in [0.25, 0.3) is 0 Å². The molecule has 0 atom stereocenters. The van der Waals surface area contributed by atoms with E-state index in [9.17, 15) is 0 Å². The number of nitrogens with zero attached hydrogens (tertiary/aromatic N) is 5. The zero-order valence-electron chi connectivity index (χ0n) is 6.95. The molecule has 0 aliphatic carbocycles. The summed E-state index contributed by atoms with van der Waals surface area (Å²) in [5.74, 6) is 0.789. The molecule has 0 aliphatic rings. The molecule has 0 saturated carbocycles. The first kappa shape index (κ1) is 7.66. The maximum atomic E-state index is 5.01. The van der Waals surface area contributed by atoms with Gasteiger partial charge in [-0.2, -0.15) is 0 Å². The molecule has 2 rings (SSSR count). The third-order valence-corrected chi connectivity index (χ3v) is 1.59. The first-order valence-corrected chi connectivity index (χ1v) is 3.66. The van der Waals surface area contributed by atoms with Crippen LogP contribution in [0.15, 0.2) is 24.3 Å². The Hall–Kier alpha value is -1.98. The summed E-state index contributed by atoms with van der Waals surface area (Å²) >= 11 is 0. The fourth-order valence-electron chi connectivity index (χ4n) is 0.948. The van der Waals surface area contributed by atoms with E-state index >= 15 is 0 Å². The van der Waals surface area contributed by atoms with E-state index in [4.69, 9.17) is 4.74 Å². The van der Waals surface area contributed by atoms with Gasteiger partial charge in [0.2, 0.25) is 0 Å². The lowest BCUT2D eigenvalue weighted by molar-refractivity contribution is 0.414. The van der Waals surface area contributed by atoms with Crippen molar-refractivity contribution in [3.63, 3.8) is 0 Å². The largest absolute Gasteiger partial charge is 0.497 e. The molecule has 0 bridgehead atoms. The van der Waals surface area contributed by atoms with E-state index in [2.05, 4.69) is 20.9 Å². The normalized spacial score (nSPS) is 9.92. The summed E-state index contributed by atoms with van der Waals surface area (Å²) in [4.78, 5) is 1.33. The van der Waals surface area contributed by atoms with Gasteiger partial charge in [0, 0.05) is 0 Å². The van der Waals surface area contributed by atoms with E-state index in [1.807, 2.05) is 24.3 Å². The molecule has 0 radical (unpaired) electrons. The van der Waals surface area contributed by atoms with E-state index in [-0.39, 0.29) is 0 Å². The van der Waals surface area contributed by atoms with E-state index in [0.29, 0.717) is 0 Å². The van der Waals surface area contributed by atoms with Gasteiger partial charge in [-0.25, -0.2) is 0 Å². The highest BCUT2D eigenvalue weighted by Crippen LogP contribution is 2.12. The Balaban J connectivity index is 2.33. The van der Waals surface area contributed by atoms with Gasteiger partial charge in [-0.15, -0.1) is 4.80 Å². The van der Waals surface area contributed by atoms with Crippen LogP contribution in [0.2, 0.25) is 0 Å². The zero-order chi connectivity index (χ0) is 9.10. The Morgan fingerprint density at radius 3 is 2.23 bits per heavy atom. The van der Waals surface area contributed by atoms with Crippen molar-refractivity contribution in [1.29, 1.82) is 0 Å². The number of rotatable bonds is 2. The number of aromatic nitrogens is 5. The lowest BCUT2D eigenvalue weighted by Gasteiger charge is -1.99. The molecule has 0 aliphatic heterocycles. The molecule has 13 heavy (non-hydrogen) atoms. The topological polar surface area (TPSA) is 65.7 Å². The smallest absolute Gasteiger partial charge is 0.119 e. The Morgan fingerprint density at radius 2 is 1.69 bits per heavy atom. The Morgan fingerprint density at radius 1 is 1.08 bits per heavy atom. The summed E-state index contributed by atoms with van der Waals surface area (Å²) in [6, 6.07) is 7.28. The molecular formula is C7H7N5O. The van der Waals surface area contributed by atoms with Gasteiger partial charge < -0.3 is 4.74 Å². The maximum Gasteiger partial charge on any atom is 0.119 e. The second-order valence-electron chi connectivity index (χ2n) is 2.35. The summed E-state index contributed by atoms with van der Waals surface area (Å²) in [5, 5.41) is 14.0. The molecule has 0 N–H and O–H groups in total. The lowest BCUT2D eigenvalue weighted by Crippen LogP contribution is -1.98. The zero-order valence-corrected chi connectivity index (χ0v) is 6.95. The number of ether oxygens (including phenoxy) is 1. The van der Waals surface area contributed by atoms with E-state index in [1.54, 1.807) is 7.11 Å². The quantitative estimate of drug-likeness (QED) is 0.652. The molecule has 66 valence electrons. The molecule has 6 heteroatoms. The average molecular weight is 179 g/mol. The highest BCUT2D eigenvalue weighted by Gasteiger charge is 1.98. The predicted molar refractivity (Wildman–Crippen MR) is 43.5 cm³/mol. The minimum Gasteiger partial charge on any atom is -0.497 e. The number of hydrogen-bond donors (Lipinski definition) is 0. The first-order valence-electron chi connectivity index (χ1n) is 3.66. The van der Waals surface area contributed by atoms with Crippen LogP contribution in [-0.2, 0) is 0 Å². The van der Waals surface area contributed by atoms with Crippen molar-refractivity contribution in [3.8, 4) is 11.4 Å². The van der Waals surface area contributed by atoms with Crippen molar-refractivity contribution in [2.24, 2.45) is 0 Å². The maximum absolute atomic E-state index is 5.01. The summed E-state index contributed by atoms with van der Waals surface area (Å²) in [6.07, 6.45) is 0. The van der Waals surface area contributed by atoms with E-state index in [0.717, 1.165) is 11.4 Å². The number of benzene rings is 1. The molecule has 1 aromatic heterocycles. The fourth-order valence-corrected chi connectivity index (χ4v) is 0.948. The molecule has 0 saturated heterocycles. The van der Waals surface area contributed by atoms with Crippen LogP contribution in [0.4, 0.5) is 0 Å². The third kappa shape index (κ3) is 1.46. The number of methoxy groups -OCH3 is 1. The van der Waals surface area contributed by atoms with Crippen LogP contribution in [-0.4, -0.2) is 32.8 Å². The lowest BCUT2D eigenvalue weighted by atomic mass is 10.3. The number of hydrogen-bond acceptors (Lipinski definition) is 5. The van der Waals surface area contributed by atoms with Crippen molar-refractivity contribution < 1.29 is 4.74 Å². The summed E-state index contributed by atoms with van der Waals surface area (Å²) in [6.45, 7) is 0. The molecule has 0 fully saturated rings. The molecule has 0 spiro atoms. The van der Waals surface area contributed by atoms with Gasteiger partial charge >= 0.3 is 0 Å². The van der Waals surface area contributed by atoms with Crippen molar-refractivity contribution in [2.75, 3.05) is 7.11 Å². The fraction of sp³-hybridized carbons (Fsp3) is 0.143. The summed E-state index contributed by atoms with van der Waals surface area (Å²) in [7, 11) is 1.62. The Labute approximate surface area is 74.1 Å². The highest BCUT2D eigenvalue weighted by atomic mass is 16.5. The molecular weight excluding hydrogens is 172 g/mol. The van der Waals surface area contributed by atoms with Crippen LogP contribution in [0, 0.1) is 0 Å². The van der Waals surface area contributed by atoms with Crippen LogP contribution >= 0.6 is 0 Å². The SMILES string of the molecule is COc1ccc(-[15n]2nnn[15n]2)cc1. The van der Waals surface area contributed by atoms with Gasteiger partial charge in [-0.1, -0.05) is 0 Å². The first-order chi connectivity index (χ1) is 6.40. The molecule has 0 unspecified atom stereocenters. The van der Waals surface area contributed by atoms with Crippen molar-refractivity contribution in [2.45, 2.75) is 0 Å². The Kier molecular flexibility index (Phi) is 1.87. The molecule has 1 aromatic carbocycles. The van der Waals surface area contributed by atoms with E-state index in [1.165, 1.54) is 4.80 Å². The van der Waals surface area contributed by atoms with Crippen LogP contribution < -0.4 is 4.74 Å².